The number of hydrogen-bond donors (Lipinski definition) is 1. The molecule has 3 rings (SSSR count). The van der Waals surface area contributed by atoms with E-state index in [0.717, 1.165) is 36.4 Å². The number of halogens is 11. The maximum atomic E-state index is 13.5. The van der Waals surface area contributed by atoms with Gasteiger partial charge in [0, 0.05) is 0 Å². The number of esters is 1. The molecule has 1 atom stereocenters. The summed E-state index contributed by atoms with van der Waals surface area (Å²) in [4.78, 5) is 12.8. The van der Waals surface area contributed by atoms with E-state index in [1.54, 1.807) is 30.3 Å². The highest BCUT2D eigenvalue weighted by Crippen LogP contribution is 2.59. The molecule has 0 amide bonds. The molecular formula is C25H16F11O6S2+. The molecule has 19 heteroatoms. The van der Waals surface area contributed by atoms with Crippen molar-refractivity contribution in [2.45, 2.75) is 38.5 Å². The van der Waals surface area contributed by atoms with Crippen molar-refractivity contribution in [3.8, 4) is 11.5 Å². The van der Waals surface area contributed by atoms with Gasteiger partial charge in [0.25, 0.3) is 5.41 Å². The number of ether oxygens (including phenoxy) is 2. The Bertz CT molecular complexity index is 1520. The largest absolute Gasteiger partial charge is 0.492 e. The smallest absolute Gasteiger partial charge is 0.466 e. The molecule has 0 spiro atoms. The highest BCUT2D eigenvalue weighted by atomic mass is 32.2. The molecule has 0 aliphatic rings. The van der Waals surface area contributed by atoms with E-state index in [4.69, 9.17) is 4.55 Å². The van der Waals surface area contributed by atoms with E-state index < -0.39 is 74.3 Å². The number of alkyl halides is 11. The van der Waals surface area contributed by atoms with Gasteiger partial charge in [0.1, 0.15) is 18.1 Å². The van der Waals surface area contributed by atoms with Crippen LogP contribution in [0.3, 0.4) is 0 Å². The van der Waals surface area contributed by atoms with Gasteiger partial charge < -0.3 is 9.47 Å². The summed E-state index contributed by atoms with van der Waals surface area (Å²) in [6, 6.07) is 16.5. The summed E-state index contributed by atoms with van der Waals surface area (Å²) >= 11 is 0. The van der Waals surface area contributed by atoms with Gasteiger partial charge in [-0.25, -0.2) is 4.79 Å². The predicted octanol–water partition coefficient (Wildman–Crippen LogP) is 7.22. The average molecular weight is 686 g/mol. The van der Waals surface area contributed by atoms with Gasteiger partial charge in [0.2, 0.25) is 0 Å². The highest BCUT2D eigenvalue weighted by molar-refractivity contribution is 7.97. The SMILES string of the molecule is O=C(Oc1ccc([S+](c2ccccc2)c2ccc(OCC(C(F)(F)F)(C(F)(F)F)C(F)(F)F)cc2)cc1)C(F)(F)S(=O)(=O)O. The Morgan fingerprint density at radius 2 is 1.02 bits per heavy atom. The lowest BCUT2D eigenvalue weighted by Crippen LogP contribution is -2.62. The molecule has 3 aromatic rings. The summed E-state index contributed by atoms with van der Waals surface area (Å²) in [5.41, 5.74) is -6.17. The minimum atomic E-state index is -6.80. The van der Waals surface area contributed by atoms with Crippen LogP contribution in [0.4, 0.5) is 48.3 Å². The highest BCUT2D eigenvalue weighted by Gasteiger charge is 2.84. The zero-order valence-corrected chi connectivity index (χ0v) is 22.8. The molecule has 0 saturated heterocycles. The molecule has 0 fully saturated rings. The lowest BCUT2D eigenvalue weighted by molar-refractivity contribution is -0.431. The zero-order valence-electron chi connectivity index (χ0n) is 21.2. The minimum absolute atomic E-state index is 0.305. The summed E-state index contributed by atoms with van der Waals surface area (Å²) in [5.74, 6) is -3.92. The molecule has 0 saturated carbocycles. The molecule has 0 aromatic heterocycles. The lowest BCUT2D eigenvalue weighted by atomic mass is 9.86. The van der Waals surface area contributed by atoms with Gasteiger partial charge in [0.15, 0.2) is 14.7 Å². The second-order valence-electron chi connectivity index (χ2n) is 8.63. The van der Waals surface area contributed by atoms with Crippen LogP contribution in [0.15, 0.2) is 93.5 Å². The van der Waals surface area contributed by atoms with Crippen molar-refractivity contribution in [3.05, 3.63) is 78.9 Å². The minimum Gasteiger partial charge on any atom is -0.492 e. The molecule has 0 bridgehead atoms. The van der Waals surface area contributed by atoms with Gasteiger partial charge in [-0.2, -0.15) is 56.7 Å². The fourth-order valence-electron chi connectivity index (χ4n) is 3.47. The van der Waals surface area contributed by atoms with Crippen molar-refractivity contribution in [3.63, 3.8) is 0 Å². The standard InChI is InChI=1S/C25H15F11O6S2/c26-22(27,44(38,39)40)20(37)42-16-8-12-19(13-9-16)43(17-4-2-1-3-5-17)18-10-6-15(7-11-18)41-14-21(23(28,29)30,24(31,32)33)25(34,35)36/h1-13H,14H2/p+1. The van der Waals surface area contributed by atoms with Crippen molar-refractivity contribution >= 4 is 27.0 Å². The molecule has 0 aliphatic heterocycles. The van der Waals surface area contributed by atoms with Crippen LogP contribution in [0.5, 0.6) is 11.5 Å². The number of hydrogen-bond acceptors (Lipinski definition) is 5. The molecule has 0 radical (unpaired) electrons. The second kappa shape index (κ2) is 12.1. The lowest BCUT2D eigenvalue weighted by Gasteiger charge is -2.38. The van der Waals surface area contributed by atoms with E-state index in [2.05, 4.69) is 9.47 Å². The summed E-state index contributed by atoms with van der Waals surface area (Å²) in [6.45, 7) is -2.84. The molecular weight excluding hydrogens is 669 g/mol. The third-order valence-corrected chi connectivity index (χ3v) is 8.82. The van der Waals surface area contributed by atoms with Crippen molar-refractivity contribution < 1.29 is 75.5 Å². The summed E-state index contributed by atoms with van der Waals surface area (Å²) in [6.07, 6.45) is -20.4. The zero-order chi connectivity index (χ0) is 33.4. The summed E-state index contributed by atoms with van der Waals surface area (Å²) in [7, 11) is -7.30. The normalized spacial score (nSPS) is 14.2. The molecule has 3 aromatic carbocycles. The number of carbonyl (C=O) groups is 1. The van der Waals surface area contributed by atoms with Crippen molar-refractivity contribution in [1.29, 1.82) is 0 Å². The van der Waals surface area contributed by atoms with E-state index in [1.165, 1.54) is 12.1 Å². The Balaban J connectivity index is 1.93. The van der Waals surface area contributed by atoms with Gasteiger partial charge in [-0.1, -0.05) is 18.2 Å². The molecule has 1 unspecified atom stereocenters. The fourth-order valence-corrected chi connectivity index (χ4v) is 5.79. The van der Waals surface area contributed by atoms with E-state index in [1.807, 2.05) is 0 Å². The third kappa shape index (κ3) is 6.88. The van der Waals surface area contributed by atoms with Gasteiger partial charge >= 0.3 is 39.9 Å². The maximum absolute atomic E-state index is 13.5. The Labute approximate surface area is 243 Å². The Morgan fingerprint density at radius 1 is 0.636 bits per heavy atom. The Hall–Kier alpha value is -3.58. The quantitative estimate of drug-likeness (QED) is 0.0842. The van der Waals surface area contributed by atoms with Gasteiger partial charge in [-0.05, 0) is 60.7 Å². The average Bonchev–Trinajstić information content (AvgIpc) is 2.88. The monoisotopic (exact) mass is 685 g/mol. The molecule has 0 aliphatic carbocycles. The third-order valence-electron chi connectivity index (χ3n) is 5.78. The Kier molecular flexibility index (Phi) is 9.58. The van der Waals surface area contributed by atoms with E-state index in [-0.39, 0.29) is 0 Å². The van der Waals surface area contributed by atoms with Crippen molar-refractivity contribution in [2.75, 3.05) is 6.61 Å². The first-order valence-electron chi connectivity index (χ1n) is 11.4. The van der Waals surface area contributed by atoms with Crippen LogP contribution in [0, 0.1) is 5.41 Å². The van der Waals surface area contributed by atoms with Gasteiger partial charge in [-0.3, -0.25) is 4.55 Å². The Morgan fingerprint density at radius 3 is 1.41 bits per heavy atom. The number of rotatable bonds is 9. The predicted molar refractivity (Wildman–Crippen MR) is 130 cm³/mol. The maximum Gasteiger partial charge on any atom is 0.466 e. The van der Waals surface area contributed by atoms with Crippen LogP contribution >= 0.6 is 0 Å². The van der Waals surface area contributed by atoms with Crippen LogP contribution < -0.4 is 9.47 Å². The fraction of sp³-hybridized carbons (Fsp3) is 0.240. The van der Waals surface area contributed by atoms with Gasteiger partial charge in [0.05, 0.1) is 10.9 Å². The van der Waals surface area contributed by atoms with Crippen molar-refractivity contribution in [2.24, 2.45) is 5.41 Å². The van der Waals surface area contributed by atoms with Crippen LogP contribution in [0.25, 0.3) is 0 Å². The first-order chi connectivity index (χ1) is 20.0. The first kappa shape index (κ1) is 34.9. The molecule has 240 valence electrons. The second-order valence-corrected chi connectivity index (χ2v) is 12.1. The number of benzene rings is 3. The van der Waals surface area contributed by atoms with Crippen molar-refractivity contribution in [1.82, 2.24) is 0 Å². The molecule has 1 N–H and O–H groups in total. The van der Waals surface area contributed by atoms with Gasteiger partial charge in [-0.15, -0.1) is 0 Å². The van der Waals surface area contributed by atoms with E-state index >= 15 is 0 Å². The first-order valence-corrected chi connectivity index (χ1v) is 14.1. The van der Waals surface area contributed by atoms with Crippen LogP contribution in [0.1, 0.15) is 0 Å². The van der Waals surface area contributed by atoms with E-state index in [9.17, 15) is 61.5 Å². The molecule has 44 heavy (non-hydrogen) atoms. The van der Waals surface area contributed by atoms with E-state index in [0.29, 0.717) is 14.7 Å². The van der Waals surface area contributed by atoms with Crippen LogP contribution in [-0.4, -0.2) is 49.3 Å². The summed E-state index contributed by atoms with van der Waals surface area (Å²) < 4.78 is 185. The number of carbonyl (C=O) groups excluding carboxylic acids is 1. The summed E-state index contributed by atoms with van der Waals surface area (Å²) in [5, 5.41) is -5.27. The molecule has 0 heterocycles. The molecule has 6 nitrogen and oxygen atoms in total. The van der Waals surface area contributed by atoms with Crippen LogP contribution in [-0.2, 0) is 25.8 Å². The topological polar surface area (TPSA) is 89.9 Å². The van der Waals surface area contributed by atoms with Crippen LogP contribution in [0.2, 0.25) is 0 Å².